The van der Waals surface area contributed by atoms with Crippen molar-refractivity contribution in [3.05, 3.63) is 49.2 Å². The van der Waals surface area contributed by atoms with Crippen LogP contribution in [0.5, 0.6) is 0 Å². The summed E-state index contributed by atoms with van der Waals surface area (Å²) in [6.07, 6.45) is 2.15. The first kappa shape index (κ1) is 11.8. The maximum absolute atomic E-state index is 11.7. The zero-order chi connectivity index (χ0) is 12.4. The lowest BCUT2D eigenvalue weighted by Crippen LogP contribution is -2.38. The van der Waals surface area contributed by atoms with E-state index in [0.29, 0.717) is 13.0 Å². The Morgan fingerprint density at radius 3 is 2.82 bits per heavy atom. The van der Waals surface area contributed by atoms with Crippen LogP contribution in [0.25, 0.3) is 0 Å². The zero-order valence-electron chi connectivity index (χ0n) is 9.71. The van der Waals surface area contributed by atoms with E-state index in [4.69, 9.17) is 0 Å². The topological polar surface area (TPSA) is 56.9 Å². The molecule has 0 amide bonds. The molecule has 0 fully saturated rings. The van der Waals surface area contributed by atoms with Gasteiger partial charge in [-0.05, 0) is 6.92 Å². The summed E-state index contributed by atoms with van der Waals surface area (Å²) in [6, 6.07) is 1.40. The molecule has 0 unspecified atom stereocenters. The molecular weight excluding hydrogens is 238 g/mol. The molecule has 2 aromatic heterocycles. The lowest BCUT2D eigenvalue weighted by molar-refractivity contribution is 0.591. The molecule has 0 aliphatic carbocycles. The van der Waals surface area contributed by atoms with Gasteiger partial charge in [0.1, 0.15) is 0 Å². The van der Waals surface area contributed by atoms with Gasteiger partial charge in [0.15, 0.2) is 0 Å². The lowest BCUT2D eigenvalue weighted by atomic mass is 10.3. The second-order valence-electron chi connectivity index (χ2n) is 3.81. The van der Waals surface area contributed by atoms with Crippen LogP contribution in [-0.2, 0) is 20.0 Å². The third-order valence-corrected chi connectivity index (χ3v) is 3.64. The smallest absolute Gasteiger partial charge is 0.303 e. The Labute approximate surface area is 102 Å². The summed E-state index contributed by atoms with van der Waals surface area (Å²) in [7, 11) is 1.64. The molecular formula is C11H13N3O2S. The van der Waals surface area contributed by atoms with Gasteiger partial charge in [0.05, 0.1) is 11.2 Å². The monoisotopic (exact) mass is 251 g/mol. The first-order chi connectivity index (χ1) is 8.09. The summed E-state index contributed by atoms with van der Waals surface area (Å²) < 4.78 is 2.65. The minimum atomic E-state index is -0.278. The van der Waals surface area contributed by atoms with Crippen LogP contribution in [0.3, 0.4) is 0 Å². The summed E-state index contributed by atoms with van der Waals surface area (Å²) in [5.74, 6) is 0. The maximum Gasteiger partial charge on any atom is 0.330 e. The van der Waals surface area contributed by atoms with E-state index in [1.54, 1.807) is 23.9 Å². The van der Waals surface area contributed by atoms with Gasteiger partial charge in [0, 0.05) is 37.2 Å². The van der Waals surface area contributed by atoms with Crippen LogP contribution in [-0.4, -0.2) is 14.1 Å². The Kier molecular flexibility index (Phi) is 3.23. The van der Waals surface area contributed by atoms with E-state index in [0.717, 1.165) is 10.6 Å². The molecule has 0 aliphatic rings. The molecule has 90 valence electrons. The predicted octanol–water partition coefficient (Wildman–Crippen LogP) is 0.555. The lowest BCUT2D eigenvalue weighted by Gasteiger charge is -2.05. The first-order valence-corrected chi connectivity index (χ1v) is 6.13. The van der Waals surface area contributed by atoms with Crippen molar-refractivity contribution in [2.75, 3.05) is 0 Å². The molecule has 0 radical (unpaired) electrons. The van der Waals surface area contributed by atoms with Crippen molar-refractivity contribution in [2.24, 2.45) is 7.05 Å². The third kappa shape index (κ3) is 2.36. The Balaban J connectivity index is 2.26. The van der Waals surface area contributed by atoms with E-state index in [1.807, 2.05) is 6.92 Å². The van der Waals surface area contributed by atoms with Crippen molar-refractivity contribution in [3.63, 3.8) is 0 Å². The van der Waals surface area contributed by atoms with E-state index in [1.165, 1.54) is 21.4 Å². The van der Waals surface area contributed by atoms with Crippen LogP contribution in [0.4, 0.5) is 0 Å². The molecule has 2 rings (SSSR count). The van der Waals surface area contributed by atoms with Crippen molar-refractivity contribution in [1.82, 2.24) is 14.1 Å². The molecule has 0 saturated carbocycles. The summed E-state index contributed by atoms with van der Waals surface area (Å²) in [5.41, 5.74) is 2.21. The van der Waals surface area contributed by atoms with E-state index in [-0.39, 0.29) is 11.2 Å². The molecule has 5 nitrogen and oxygen atoms in total. The van der Waals surface area contributed by atoms with Crippen molar-refractivity contribution in [2.45, 2.75) is 19.9 Å². The number of rotatable bonds is 3. The predicted molar refractivity (Wildman–Crippen MR) is 66.5 cm³/mol. The molecule has 0 spiro atoms. The van der Waals surface area contributed by atoms with Crippen molar-refractivity contribution < 1.29 is 0 Å². The number of hydrogen-bond acceptors (Lipinski definition) is 4. The number of aryl methyl sites for hydroxylation is 3. The second-order valence-corrected chi connectivity index (χ2v) is 4.75. The van der Waals surface area contributed by atoms with Crippen LogP contribution in [0.15, 0.2) is 27.4 Å². The third-order valence-electron chi connectivity index (χ3n) is 2.65. The average Bonchev–Trinajstić information content (AvgIpc) is 2.70. The minimum Gasteiger partial charge on any atom is -0.303 e. The summed E-state index contributed by atoms with van der Waals surface area (Å²) in [4.78, 5) is 28.6. The first-order valence-electron chi connectivity index (χ1n) is 5.25. The SMILES string of the molecule is Cc1ncsc1CCn1c(=O)ccn(C)c1=O. The van der Waals surface area contributed by atoms with Gasteiger partial charge in [0.25, 0.3) is 5.56 Å². The maximum atomic E-state index is 11.7. The quantitative estimate of drug-likeness (QED) is 0.800. The molecule has 0 bridgehead atoms. The van der Waals surface area contributed by atoms with Gasteiger partial charge < -0.3 is 4.57 Å². The Morgan fingerprint density at radius 1 is 1.41 bits per heavy atom. The summed E-state index contributed by atoms with van der Waals surface area (Å²) in [5, 5.41) is 0. The second kappa shape index (κ2) is 4.67. The van der Waals surface area contributed by atoms with E-state index < -0.39 is 0 Å². The fraction of sp³-hybridized carbons (Fsp3) is 0.364. The highest BCUT2D eigenvalue weighted by atomic mass is 32.1. The molecule has 0 atom stereocenters. The van der Waals surface area contributed by atoms with E-state index in [9.17, 15) is 9.59 Å². The van der Waals surface area contributed by atoms with Crippen LogP contribution in [0.2, 0.25) is 0 Å². The normalized spacial score (nSPS) is 10.7. The van der Waals surface area contributed by atoms with Gasteiger partial charge in [-0.3, -0.25) is 9.36 Å². The van der Waals surface area contributed by atoms with Crippen molar-refractivity contribution in [1.29, 1.82) is 0 Å². The highest BCUT2D eigenvalue weighted by molar-refractivity contribution is 7.09. The number of thiazole rings is 1. The van der Waals surface area contributed by atoms with Crippen LogP contribution in [0.1, 0.15) is 10.6 Å². The van der Waals surface area contributed by atoms with E-state index in [2.05, 4.69) is 4.98 Å². The Morgan fingerprint density at radius 2 is 2.18 bits per heavy atom. The molecule has 17 heavy (non-hydrogen) atoms. The number of aromatic nitrogens is 3. The van der Waals surface area contributed by atoms with Crippen LogP contribution >= 0.6 is 11.3 Å². The molecule has 0 saturated heterocycles. The highest BCUT2D eigenvalue weighted by Gasteiger charge is 2.06. The fourth-order valence-corrected chi connectivity index (χ4v) is 2.37. The standard InChI is InChI=1S/C11H13N3O2S/c1-8-9(17-7-12-8)3-6-14-10(15)4-5-13(2)11(14)16/h4-5,7H,3,6H2,1-2H3. The molecule has 2 aromatic rings. The summed E-state index contributed by atoms with van der Waals surface area (Å²) >= 11 is 1.55. The molecule has 0 N–H and O–H groups in total. The fourth-order valence-electron chi connectivity index (χ4n) is 1.60. The summed E-state index contributed by atoms with van der Waals surface area (Å²) in [6.45, 7) is 2.33. The average molecular weight is 251 g/mol. The zero-order valence-corrected chi connectivity index (χ0v) is 10.5. The van der Waals surface area contributed by atoms with Gasteiger partial charge in [-0.1, -0.05) is 0 Å². The van der Waals surface area contributed by atoms with E-state index >= 15 is 0 Å². The van der Waals surface area contributed by atoms with Gasteiger partial charge in [-0.15, -0.1) is 11.3 Å². The molecule has 6 heteroatoms. The minimum absolute atomic E-state index is 0.254. The molecule has 2 heterocycles. The molecule has 0 aliphatic heterocycles. The number of hydrogen-bond donors (Lipinski definition) is 0. The highest BCUT2D eigenvalue weighted by Crippen LogP contribution is 2.12. The Hall–Kier alpha value is -1.69. The van der Waals surface area contributed by atoms with Crippen LogP contribution < -0.4 is 11.2 Å². The van der Waals surface area contributed by atoms with Crippen molar-refractivity contribution in [3.8, 4) is 0 Å². The Bertz CT molecular complexity index is 639. The van der Waals surface area contributed by atoms with Gasteiger partial charge in [-0.25, -0.2) is 9.78 Å². The largest absolute Gasteiger partial charge is 0.330 e. The van der Waals surface area contributed by atoms with Crippen molar-refractivity contribution >= 4 is 11.3 Å². The van der Waals surface area contributed by atoms with Gasteiger partial charge >= 0.3 is 5.69 Å². The molecule has 0 aromatic carbocycles. The van der Waals surface area contributed by atoms with Crippen LogP contribution in [0, 0.1) is 6.92 Å². The number of nitrogens with zero attached hydrogens (tertiary/aromatic N) is 3. The van der Waals surface area contributed by atoms with Gasteiger partial charge in [-0.2, -0.15) is 0 Å². The van der Waals surface area contributed by atoms with Gasteiger partial charge in [0.2, 0.25) is 0 Å².